The van der Waals surface area contributed by atoms with E-state index in [0.717, 1.165) is 21.2 Å². The average Bonchev–Trinajstić information content (AvgIpc) is 2.63. The summed E-state index contributed by atoms with van der Waals surface area (Å²) in [6.07, 6.45) is 1.79. The van der Waals surface area contributed by atoms with Gasteiger partial charge in [-0.3, -0.25) is 0 Å². The Morgan fingerprint density at radius 1 is 1.29 bits per heavy atom. The van der Waals surface area contributed by atoms with Crippen LogP contribution in [-0.2, 0) is 5.75 Å². The zero-order valence-corrected chi connectivity index (χ0v) is 9.72. The first-order chi connectivity index (χ1) is 6.84. The van der Waals surface area contributed by atoms with Crippen molar-refractivity contribution in [2.45, 2.75) is 10.8 Å². The molecule has 0 saturated heterocycles. The normalized spacial score (nSPS) is 10.4. The van der Waals surface area contributed by atoms with Crippen molar-refractivity contribution in [1.82, 2.24) is 4.98 Å². The first kappa shape index (κ1) is 9.80. The maximum Gasteiger partial charge on any atom is 0.169 e. The van der Waals surface area contributed by atoms with Crippen molar-refractivity contribution in [2.75, 3.05) is 0 Å². The Kier molecular flexibility index (Phi) is 3.26. The number of aromatic nitrogens is 1. The van der Waals surface area contributed by atoms with Crippen LogP contribution in [0, 0.1) is 0 Å². The zero-order chi connectivity index (χ0) is 9.80. The van der Waals surface area contributed by atoms with Crippen LogP contribution in [0.1, 0.15) is 5.76 Å². The zero-order valence-electron chi connectivity index (χ0n) is 7.31. The number of thioether (sulfide) groups is 1. The highest BCUT2D eigenvalue weighted by Crippen LogP contribution is 2.23. The summed E-state index contributed by atoms with van der Waals surface area (Å²) >= 11 is 4.93. The molecule has 0 unspecified atom stereocenters. The number of furan rings is 1. The Bertz CT molecular complexity index is 402. The van der Waals surface area contributed by atoms with Crippen LogP contribution in [0.15, 0.2) is 50.6 Å². The lowest BCUT2D eigenvalue weighted by Gasteiger charge is -1.96. The average molecular weight is 270 g/mol. The fourth-order valence-corrected chi connectivity index (χ4v) is 2.10. The molecule has 0 spiro atoms. The van der Waals surface area contributed by atoms with Crippen molar-refractivity contribution < 1.29 is 4.42 Å². The van der Waals surface area contributed by atoms with Gasteiger partial charge in [0, 0.05) is 6.20 Å². The molecule has 2 aromatic rings. The monoisotopic (exact) mass is 269 g/mol. The topological polar surface area (TPSA) is 26.0 Å². The lowest BCUT2D eigenvalue weighted by molar-refractivity contribution is 0.506. The number of pyridine rings is 1. The van der Waals surface area contributed by atoms with Gasteiger partial charge < -0.3 is 4.42 Å². The third kappa shape index (κ3) is 2.62. The van der Waals surface area contributed by atoms with E-state index in [4.69, 9.17) is 4.42 Å². The molecule has 2 nitrogen and oxygen atoms in total. The molecule has 0 N–H and O–H groups in total. The van der Waals surface area contributed by atoms with Crippen LogP contribution in [0.25, 0.3) is 0 Å². The van der Waals surface area contributed by atoms with Gasteiger partial charge >= 0.3 is 0 Å². The Morgan fingerprint density at radius 3 is 2.86 bits per heavy atom. The van der Waals surface area contributed by atoms with Crippen LogP contribution in [0.5, 0.6) is 0 Å². The fourth-order valence-electron chi connectivity index (χ4n) is 1.01. The second-order valence-electron chi connectivity index (χ2n) is 2.66. The Hall–Kier alpha value is -0.740. The van der Waals surface area contributed by atoms with E-state index in [2.05, 4.69) is 20.9 Å². The highest BCUT2D eigenvalue weighted by Gasteiger charge is 2.00. The van der Waals surface area contributed by atoms with Crippen molar-refractivity contribution >= 4 is 27.7 Å². The second kappa shape index (κ2) is 4.66. The predicted octanol–water partition coefficient (Wildman–Crippen LogP) is 3.73. The summed E-state index contributed by atoms with van der Waals surface area (Å²) in [5.74, 6) is 1.76. The van der Waals surface area contributed by atoms with Crippen LogP contribution >= 0.6 is 27.7 Å². The molecule has 0 aliphatic carbocycles. The van der Waals surface area contributed by atoms with E-state index in [0.29, 0.717) is 0 Å². The third-order valence-electron chi connectivity index (χ3n) is 1.63. The third-order valence-corrected chi connectivity index (χ3v) is 3.02. The molecule has 0 saturated carbocycles. The lowest BCUT2D eigenvalue weighted by Crippen LogP contribution is -1.78. The summed E-state index contributed by atoms with van der Waals surface area (Å²) in [5, 5.41) is 1.01. The first-order valence-electron chi connectivity index (χ1n) is 4.12. The van der Waals surface area contributed by atoms with E-state index >= 15 is 0 Å². The summed E-state index contributed by atoms with van der Waals surface area (Å²) in [6, 6.07) is 9.73. The van der Waals surface area contributed by atoms with Crippen molar-refractivity contribution in [3.05, 3.63) is 47.0 Å². The van der Waals surface area contributed by atoms with Gasteiger partial charge in [-0.1, -0.05) is 17.8 Å². The van der Waals surface area contributed by atoms with Gasteiger partial charge in [-0.25, -0.2) is 4.98 Å². The van der Waals surface area contributed by atoms with Crippen LogP contribution < -0.4 is 0 Å². The van der Waals surface area contributed by atoms with Gasteiger partial charge in [0.05, 0.1) is 10.8 Å². The SMILES string of the molecule is Brc1ccc(CSc2ccccn2)o1. The standard InChI is InChI=1S/C10H8BrNOS/c11-9-5-4-8(13-9)7-14-10-3-1-2-6-12-10/h1-6H,7H2. The Morgan fingerprint density at radius 2 is 2.21 bits per heavy atom. The molecule has 0 aromatic carbocycles. The number of nitrogens with zero attached hydrogens (tertiary/aromatic N) is 1. The quantitative estimate of drug-likeness (QED) is 0.795. The smallest absolute Gasteiger partial charge is 0.169 e. The number of hydrogen-bond donors (Lipinski definition) is 0. The van der Waals surface area contributed by atoms with Crippen molar-refractivity contribution in [3.63, 3.8) is 0 Å². The molecule has 4 heteroatoms. The van der Waals surface area contributed by atoms with Crippen LogP contribution in [0.2, 0.25) is 0 Å². The molecule has 14 heavy (non-hydrogen) atoms. The summed E-state index contributed by atoms with van der Waals surface area (Å²) in [7, 11) is 0. The minimum Gasteiger partial charge on any atom is -0.453 e. The van der Waals surface area contributed by atoms with Crippen molar-refractivity contribution in [1.29, 1.82) is 0 Å². The maximum atomic E-state index is 5.37. The highest BCUT2D eigenvalue weighted by atomic mass is 79.9. The molecule has 2 heterocycles. The second-order valence-corrected chi connectivity index (χ2v) is 4.44. The number of halogens is 1. The van der Waals surface area contributed by atoms with Gasteiger partial charge in [0.2, 0.25) is 0 Å². The molecule has 0 radical (unpaired) electrons. The van der Waals surface area contributed by atoms with Gasteiger partial charge in [0.1, 0.15) is 5.76 Å². The minimum absolute atomic E-state index is 0.772. The number of hydrogen-bond acceptors (Lipinski definition) is 3. The lowest BCUT2D eigenvalue weighted by atomic mass is 10.5. The molecule has 0 aliphatic rings. The Labute approximate surface area is 94.9 Å². The van der Waals surface area contributed by atoms with Crippen LogP contribution in [0.3, 0.4) is 0 Å². The van der Waals surface area contributed by atoms with E-state index in [-0.39, 0.29) is 0 Å². The van der Waals surface area contributed by atoms with Crippen molar-refractivity contribution in [2.24, 2.45) is 0 Å². The predicted molar refractivity (Wildman–Crippen MR) is 60.2 cm³/mol. The summed E-state index contributed by atoms with van der Waals surface area (Å²) in [6.45, 7) is 0. The van der Waals surface area contributed by atoms with E-state index in [1.807, 2.05) is 30.3 Å². The summed E-state index contributed by atoms with van der Waals surface area (Å²) in [5.41, 5.74) is 0. The van der Waals surface area contributed by atoms with E-state index < -0.39 is 0 Å². The molecule has 0 amide bonds. The first-order valence-corrected chi connectivity index (χ1v) is 5.90. The van der Waals surface area contributed by atoms with Crippen LogP contribution in [0.4, 0.5) is 0 Å². The molecule has 0 aliphatic heterocycles. The van der Waals surface area contributed by atoms with Gasteiger partial charge in [-0.2, -0.15) is 0 Å². The molecular weight excluding hydrogens is 262 g/mol. The van der Waals surface area contributed by atoms with E-state index in [1.54, 1.807) is 18.0 Å². The highest BCUT2D eigenvalue weighted by molar-refractivity contribution is 9.10. The molecule has 0 bridgehead atoms. The molecule has 72 valence electrons. The fraction of sp³-hybridized carbons (Fsp3) is 0.100. The Balaban J connectivity index is 1.95. The van der Waals surface area contributed by atoms with Gasteiger partial charge in [0.25, 0.3) is 0 Å². The molecular formula is C10H8BrNOS. The molecule has 2 rings (SSSR count). The molecule has 0 atom stereocenters. The molecule has 2 aromatic heterocycles. The minimum atomic E-state index is 0.772. The van der Waals surface area contributed by atoms with Crippen molar-refractivity contribution in [3.8, 4) is 0 Å². The largest absolute Gasteiger partial charge is 0.453 e. The number of rotatable bonds is 3. The maximum absolute atomic E-state index is 5.37. The summed E-state index contributed by atoms with van der Waals surface area (Å²) in [4.78, 5) is 4.21. The van der Waals surface area contributed by atoms with E-state index in [1.165, 1.54) is 0 Å². The molecule has 0 fully saturated rings. The van der Waals surface area contributed by atoms with Gasteiger partial charge in [0.15, 0.2) is 4.67 Å². The summed E-state index contributed by atoms with van der Waals surface area (Å²) < 4.78 is 6.15. The van der Waals surface area contributed by atoms with E-state index in [9.17, 15) is 0 Å². The van der Waals surface area contributed by atoms with Gasteiger partial charge in [-0.15, -0.1) is 0 Å². The van der Waals surface area contributed by atoms with Gasteiger partial charge in [-0.05, 0) is 40.2 Å². The van der Waals surface area contributed by atoms with Crippen LogP contribution in [-0.4, -0.2) is 4.98 Å².